The fourth-order valence-corrected chi connectivity index (χ4v) is 2.72. The Kier molecular flexibility index (Phi) is 2.46. The zero-order valence-electron chi connectivity index (χ0n) is 7.19. The highest BCUT2D eigenvalue weighted by Gasteiger charge is 2.09. The minimum absolute atomic E-state index is 0.0461. The first-order valence-electron chi connectivity index (χ1n) is 4.01. The summed E-state index contributed by atoms with van der Waals surface area (Å²) in [6.07, 6.45) is 0. The Morgan fingerprint density at radius 2 is 2.29 bits per heavy atom. The standard InChI is InChI=1S/C10H7NOS2/c11-3-7-5-14-8-2-1-6(4-12)10(13)9(7)8/h1-2,5,12-13H,4H2. The van der Waals surface area contributed by atoms with E-state index in [9.17, 15) is 0 Å². The lowest BCUT2D eigenvalue weighted by Crippen LogP contribution is -1.86. The minimum Gasteiger partial charge on any atom is -0.392 e. The van der Waals surface area contributed by atoms with E-state index in [4.69, 9.17) is 10.4 Å². The number of nitriles is 1. The number of aliphatic hydroxyl groups excluding tert-OH is 1. The van der Waals surface area contributed by atoms with Crippen molar-refractivity contribution >= 4 is 34.1 Å². The first-order chi connectivity index (χ1) is 6.77. The topological polar surface area (TPSA) is 44.0 Å². The molecule has 1 aromatic carbocycles. The van der Waals surface area contributed by atoms with E-state index in [1.165, 1.54) is 11.3 Å². The number of aliphatic hydroxyl groups is 1. The van der Waals surface area contributed by atoms with Crippen LogP contribution in [0.1, 0.15) is 11.1 Å². The Bertz CT molecular complexity index is 525. The van der Waals surface area contributed by atoms with Gasteiger partial charge in [0.25, 0.3) is 0 Å². The highest BCUT2D eigenvalue weighted by molar-refractivity contribution is 7.80. The van der Waals surface area contributed by atoms with Crippen molar-refractivity contribution in [1.82, 2.24) is 0 Å². The zero-order valence-corrected chi connectivity index (χ0v) is 8.90. The molecule has 0 bridgehead atoms. The van der Waals surface area contributed by atoms with Crippen molar-refractivity contribution < 1.29 is 5.11 Å². The van der Waals surface area contributed by atoms with Gasteiger partial charge < -0.3 is 5.11 Å². The molecular formula is C10H7NOS2. The lowest BCUT2D eigenvalue weighted by atomic mass is 10.1. The molecule has 0 saturated heterocycles. The summed E-state index contributed by atoms with van der Waals surface area (Å²) in [5.74, 6) is 0. The Labute approximate surface area is 90.8 Å². The molecular weight excluding hydrogens is 214 g/mol. The van der Waals surface area contributed by atoms with E-state index in [0.29, 0.717) is 10.5 Å². The molecule has 2 rings (SSSR count). The van der Waals surface area contributed by atoms with Gasteiger partial charge in [0.2, 0.25) is 0 Å². The maximum absolute atomic E-state index is 9.05. The predicted molar refractivity (Wildman–Crippen MR) is 59.7 cm³/mol. The molecule has 0 aliphatic heterocycles. The van der Waals surface area contributed by atoms with Gasteiger partial charge in [0.05, 0.1) is 12.2 Å². The van der Waals surface area contributed by atoms with Crippen LogP contribution in [0.4, 0.5) is 0 Å². The van der Waals surface area contributed by atoms with E-state index in [1.54, 1.807) is 0 Å². The van der Waals surface area contributed by atoms with Crippen LogP contribution in [0.25, 0.3) is 10.1 Å². The van der Waals surface area contributed by atoms with Crippen LogP contribution in [0.15, 0.2) is 22.4 Å². The summed E-state index contributed by atoms with van der Waals surface area (Å²) in [6, 6.07) is 5.87. The molecule has 70 valence electrons. The molecule has 0 aliphatic rings. The monoisotopic (exact) mass is 221 g/mol. The molecule has 1 heterocycles. The van der Waals surface area contributed by atoms with Crippen LogP contribution in [-0.2, 0) is 6.61 Å². The Morgan fingerprint density at radius 3 is 2.93 bits per heavy atom. The fourth-order valence-electron chi connectivity index (χ4n) is 1.37. The number of hydrogen-bond acceptors (Lipinski definition) is 4. The Balaban J connectivity index is 2.85. The van der Waals surface area contributed by atoms with Crippen molar-refractivity contribution in [3.05, 3.63) is 28.6 Å². The molecule has 0 amide bonds. The van der Waals surface area contributed by atoms with Gasteiger partial charge in [0.15, 0.2) is 0 Å². The molecule has 2 aromatic rings. The number of rotatable bonds is 1. The molecule has 0 spiro atoms. The van der Waals surface area contributed by atoms with E-state index < -0.39 is 0 Å². The number of thiophene rings is 1. The second-order valence-electron chi connectivity index (χ2n) is 2.87. The summed E-state index contributed by atoms with van der Waals surface area (Å²) in [5.41, 5.74) is 1.39. The molecule has 4 heteroatoms. The molecule has 0 atom stereocenters. The van der Waals surface area contributed by atoms with Crippen LogP contribution in [0.3, 0.4) is 0 Å². The van der Waals surface area contributed by atoms with Gasteiger partial charge in [-0.2, -0.15) is 5.26 Å². The summed E-state index contributed by atoms with van der Waals surface area (Å²) in [7, 11) is 0. The van der Waals surface area contributed by atoms with Gasteiger partial charge in [-0.3, -0.25) is 0 Å². The SMILES string of the molecule is N#Cc1csc2ccc(CO)c(S)c12. The zero-order chi connectivity index (χ0) is 10.1. The van der Waals surface area contributed by atoms with Crippen molar-refractivity contribution in [1.29, 1.82) is 5.26 Å². The van der Waals surface area contributed by atoms with E-state index in [1.807, 2.05) is 17.5 Å². The second-order valence-corrected chi connectivity index (χ2v) is 4.22. The van der Waals surface area contributed by atoms with Crippen molar-refractivity contribution in [2.45, 2.75) is 11.5 Å². The van der Waals surface area contributed by atoms with Gasteiger partial charge in [-0.05, 0) is 11.6 Å². The Hall–Kier alpha value is -1.02. The summed E-state index contributed by atoms with van der Waals surface area (Å²) >= 11 is 5.85. The van der Waals surface area contributed by atoms with Crippen LogP contribution >= 0.6 is 24.0 Å². The molecule has 1 aromatic heterocycles. The van der Waals surface area contributed by atoms with Gasteiger partial charge in [-0.25, -0.2) is 0 Å². The van der Waals surface area contributed by atoms with Crippen molar-refractivity contribution in [2.24, 2.45) is 0 Å². The lowest BCUT2D eigenvalue weighted by Gasteiger charge is -2.02. The summed E-state index contributed by atoms with van der Waals surface area (Å²) in [4.78, 5) is 0.711. The molecule has 0 unspecified atom stereocenters. The maximum atomic E-state index is 9.05. The summed E-state index contributed by atoms with van der Waals surface area (Å²) < 4.78 is 1.03. The average Bonchev–Trinajstić information content (AvgIpc) is 2.62. The lowest BCUT2D eigenvalue weighted by molar-refractivity contribution is 0.279. The molecule has 14 heavy (non-hydrogen) atoms. The Morgan fingerprint density at radius 1 is 1.50 bits per heavy atom. The van der Waals surface area contributed by atoms with Crippen LogP contribution in [0.5, 0.6) is 0 Å². The third-order valence-corrected chi connectivity index (χ3v) is 3.55. The van der Waals surface area contributed by atoms with E-state index >= 15 is 0 Å². The van der Waals surface area contributed by atoms with Crippen LogP contribution < -0.4 is 0 Å². The third-order valence-electron chi connectivity index (χ3n) is 2.09. The summed E-state index contributed by atoms with van der Waals surface area (Å²) in [6.45, 7) is -0.0461. The quantitative estimate of drug-likeness (QED) is 0.727. The normalized spacial score (nSPS) is 10.4. The van der Waals surface area contributed by atoms with Crippen molar-refractivity contribution in [2.75, 3.05) is 0 Å². The first kappa shape index (κ1) is 9.53. The highest BCUT2D eigenvalue weighted by atomic mass is 32.1. The van der Waals surface area contributed by atoms with E-state index in [2.05, 4.69) is 18.7 Å². The molecule has 1 N–H and O–H groups in total. The van der Waals surface area contributed by atoms with Crippen molar-refractivity contribution in [3.8, 4) is 6.07 Å². The number of fused-ring (bicyclic) bond motifs is 1. The van der Waals surface area contributed by atoms with Gasteiger partial charge in [0.1, 0.15) is 6.07 Å². The maximum Gasteiger partial charge on any atom is 0.101 e. The van der Waals surface area contributed by atoms with E-state index in [0.717, 1.165) is 15.6 Å². The predicted octanol–water partition coefficient (Wildman–Crippen LogP) is 2.55. The number of nitrogens with zero attached hydrogens (tertiary/aromatic N) is 1. The average molecular weight is 221 g/mol. The number of benzene rings is 1. The third kappa shape index (κ3) is 1.30. The highest BCUT2D eigenvalue weighted by Crippen LogP contribution is 2.32. The number of hydrogen-bond donors (Lipinski definition) is 2. The van der Waals surface area contributed by atoms with Gasteiger partial charge in [-0.15, -0.1) is 24.0 Å². The van der Waals surface area contributed by atoms with E-state index in [-0.39, 0.29) is 6.61 Å². The molecule has 0 aliphatic carbocycles. The van der Waals surface area contributed by atoms with Gasteiger partial charge >= 0.3 is 0 Å². The first-order valence-corrected chi connectivity index (χ1v) is 5.33. The van der Waals surface area contributed by atoms with Crippen LogP contribution in [0.2, 0.25) is 0 Å². The minimum atomic E-state index is -0.0461. The number of thiol groups is 1. The van der Waals surface area contributed by atoms with Crippen molar-refractivity contribution in [3.63, 3.8) is 0 Å². The van der Waals surface area contributed by atoms with Crippen LogP contribution in [0, 0.1) is 11.3 Å². The largest absolute Gasteiger partial charge is 0.392 e. The molecule has 0 fully saturated rings. The summed E-state index contributed by atoms with van der Waals surface area (Å²) in [5, 5.41) is 20.6. The molecule has 2 nitrogen and oxygen atoms in total. The second kappa shape index (κ2) is 3.62. The van der Waals surface area contributed by atoms with Gasteiger partial charge in [-0.1, -0.05) is 6.07 Å². The van der Waals surface area contributed by atoms with Crippen LogP contribution in [-0.4, -0.2) is 5.11 Å². The fraction of sp³-hybridized carbons (Fsp3) is 0.100. The van der Waals surface area contributed by atoms with Gasteiger partial charge in [0, 0.05) is 20.4 Å². The molecule has 0 saturated carbocycles. The molecule has 0 radical (unpaired) electrons. The smallest absolute Gasteiger partial charge is 0.101 e.